The van der Waals surface area contributed by atoms with Crippen molar-refractivity contribution in [2.45, 2.75) is 52.2 Å². The largest absolute Gasteiger partial charge is 0.444 e. The van der Waals surface area contributed by atoms with Gasteiger partial charge in [0.25, 0.3) is 0 Å². The highest BCUT2D eigenvalue weighted by Gasteiger charge is 2.21. The summed E-state index contributed by atoms with van der Waals surface area (Å²) in [5.41, 5.74) is 4.96. The molecule has 1 atom stereocenters. The minimum atomic E-state index is -0.775. The van der Waals surface area contributed by atoms with Gasteiger partial charge < -0.3 is 4.74 Å². The highest BCUT2D eigenvalue weighted by atomic mass is 16.6. The van der Waals surface area contributed by atoms with Crippen LogP contribution in [-0.2, 0) is 9.53 Å². The number of esters is 1. The van der Waals surface area contributed by atoms with Crippen molar-refractivity contribution in [3.05, 3.63) is 0 Å². The molecule has 12 heavy (non-hydrogen) atoms. The van der Waals surface area contributed by atoms with Gasteiger partial charge in [-0.25, -0.2) is 0 Å². The lowest BCUT2D eigenvalue weighted by molar-refractivity contribution is -0.157. The first-order valence-corrected chi connectivity index (χ1v) is 4.52. The minimum absolute atomic E-state index is 0.226. The highest BCUT2D eigenvalue weighted by Crippen LogP contribution is 2.12. The van der Waals surface area contributed by atoms with Gasteiger partial charge in [0.05, 0.1) is 0 Å². The van der Waals surface area contributed by atoms with Crippen molar-refractivity contribution in [1.29, 1.82) is 0 Å². The number of hydrogen-bond acceptors (Lipinski definition) is 3. The highest BCUT2D eigenvalue weighted by molar-refractivity contribution is 5.69. The molecule has 0 aliphatic carbocycles. The summed E-state index contributed by atoms with van der Waals surface area (Å²) in [5, 5.41) is 0. The van der Waals surface area contributed by atoms with Crippen molar-refractivity contribution in [2.24, 2.45) is 5.73 Å². The van der Waals surface area contributed by atoms with Gasteiger partial charge in [-0.1, -0.05) is 20.3 Å². The molecule has 2 N–H and O–H groups in total. The smallest absolute Gasteiger partial charge is 0.307 e. The van der Waals surface area contributed by atoms with Gasteiger partial charge in [-0.05, 0) is 13.3 Å². The van der Waals surface area contributed by atoms with E-state index in [0.717, 1.165) is 19.3 Å². The van der Waals surface area contributed by atoms with Crippen LogP contribution in [0.3, 0.4) is 0 Å². The number of nitrogens with two attached hydrogens (primary N) is 1. The molecule has 0 aromatic heterocycles. The summed E-state index contributed by atoms with van der Waals surface area (Å²) in [6.45, 7) is 5.59. The number of carbonyl (C=O) groups is 1. The number of rotatable bonds is 5. The van der Waals surface area contributed by atoms with E-state index in [0.29, 0.717) is 6.42 Å². The van der Waals surface area contributed by atoms with Crippen LogP contribution in [0.15, 0.2) is 0 Å². The average molecular weight is 173 g/mol. The van der Waals surface area contributed by atoms with Crippen LogP contribution >= 0.6 is 0 Å². The molecule has 0 aliphatic rings. The van der Waals surface area contributed by atoms with Crippen LogP contribution in [0.4, 0.5) is 0 Å². The summed E-state index contributed by atoms with van der Waals surface area (Å²) in [4.78, 5) is 10.9. The first kappa shape index (κ1) is 11.4. The van der Waals surface area contributed by atoms with E-state index >= 15 is 0 Å². The Labute approximate surface area is 74.3 Å². The lowest BCUT2D eigenvalue weighted by Gasteiger charge is -2.24. The maximum atomic E-state index is 10.9. The van der Waals surface area contributed by atoms with Crippen molar-refractivity contribution < 1.29 is 9.53 Å². The van der Waals surface area contributed by atoms with Crippen LogP contribution in [0.1, 0.15) is 46.5 Å². The van der Waals surface area contributed by atoms with E-state index in [9.17, 15) is 4.79 Å². The molecule has 0 bridgehead atoms. The fraction of sp³-hybridized carbons (Fsp3) is 0.889. The molecule has 0 saturated carbocycles. The Bertz CT molecular complexity index is 143. The Hall–Kier alpha value is -0.570. The topological polar surface area (TPSA) is 52.3 Å². The van der Waals surface area contributed by atoms with Gasteiger partial charge in [0, 0.05) is 12.8 Å². The number of ether oxygens (including phenoxy) is 1. The van der Waals surface area contributed by atoms with E-state index in [4.69, 9.17) is 10.5 Å². The van der Waals surface area contributed by atoms with Gasteiger partial charge >= 0.3 is 5.97 Å². The van der Waals surface area contributed by atoms with Gasteiger partial charge in [0.2, 0.25) is 0 Å². The predicted octanol–water partition coefficient (Wildman–Crippen LogP) is 1.80. The molecular weight excluding hydrogens is 154 g/mol. The van der Waals surface area contributed by atoms with Crippen molar-refractivity contribution in [3.8, 4) is 0 Å². The van der Waals surface area contributed by atoms with Crippen molar-refractivity contribution in [2.75, 3.05) is 0 Å². The molecule has 0 amide bonds. The third-order valence-corrected chi connectivity index (χ3v) is 1.66. The molecule has 0 rings (SSSR count). The molecule has 0 aromatic rings. The Morgan fingerprint density at radius 3 is 2.50 bits per heavy atom. The third kappa shape index (κ3) is 5.13. The molecule has 3 nitrogen and oxygen atoms in total. The zero-order valence-corrected chi connectivity index (χ0v) is 8.22. The second-order valence-corrected chi connectivity index (χ2v) is 3.24. The Kier molecular flexibility index (Phi) is 4.90. The predicted molar refractivity (Wildman–Crippen MR) is 48.5 cm³/mol. The van der Waals surface area contributed by atoms with Gasteiger partial charge in [-0.15, -0.1) is 0 Å². The molecule has 3 heteroatoms. The summed E-state index contributed by atoms with van der Waals surface area (Å²) in [6, 6.07) is 0. The van der Waals surface area contributed by atoms with Crippen LogP contribution < -0.4 is 5.73 Å². The van der Waals surface area contributed by atoms with E-state index in [1.165, 1.54) is 0 Å². The van der Waals surface area contributed by atoms with Crippen LogP contribution in [0.25, 0.3) is 0 Å². The molecule has 0 aromatic carbocycles. The van der Waals surface area contributed by atoms with Crippen LogP contribution in [0, 0.1) is 0 Å². The minimum Gasteiger partial charge on any atom is -0.444 e. The molecular formula is C9H19NO2. The van der Waals surface area contributed by atoms with E-state index in [1.54, 1.807) is 13.8 Å². The first-order valence-electron chi connectivity index (χ1n) is 4.52. The molecule has 0 fully saturated rings. The Morgan fingerprint density at radius 1 is 1.50 bits per heavy atom. The zero-order chi connectivity index (χ0) is 9.61. The van der Waals surface area contributed by atoms with Crippen molar-refractivity contribution in [1.82, 2.24) is 0 Å². The van der Waals surface area contributed by atoms with E-state index < -0.39 is 5.72 Å². The summed E-state index contributed by atoms with van der Waals surface area (Å²) in [5.74, 6) is -0.226. The van der Waals surface area contributed by atoms with Gasteiger partial charge in [-0.2, -0.15) is 0 Å². The fourth-order valence-corrected chi connectivity index (χ4v) is 0.911. The fourth-order valence-electron chi connectivity index (χ4n) is 0.911. The quantitative estimate of drug-likeness (QED) is 0.509. The lowest BCUT2D eigenvalue weighted by atomic mass is 10.1. The van der Waals surface area contributed by atoms with Crippen molar-refractivity contribution >= 4 is 5.97 Å². The lowest BCUT2D eigenvalue weighted by Crippen LogP contribution is -2.41. The van der Waals surface area contributed by atoms with Crippen molar-refractivity contribution in [3.63, 3.8) is 0 Å². The van der Waals surface area contributed by atoms with Crippen LogP contribution in [-0.4, -0.2) is 11.7 Å². The maximum Gasteiger partial charge on any atom is 0.307 e. The molecule has 0 saturated heterocycles. The second-order valence-electron chi connectivity index (χ2n) is 3.24. The SMILES string of the molecule is CCCCC(C)(N)OC(=O)CC. The van der Waals surface area contributed by atoms with E-state index in [1.807, 2.05) is 0 Å². The van der Waals surface area contributed by atoms with E-state index in [2.05, 4.69) is 6.92 Å². The number of unbranched alkanes of at least 4 members (excludes halogenated alkanes) is 1. The monoisotopic (exact) mass is 173 g/mol. The summed E-state index contributed by atoms with van der Waals surface area (Å²) in [7, 11) is 0. The molecule has 0 spiro atoms. The summed E-state index contributed by atoms with van der Waals surface area (Å²) < 4.78 is 5.03. The first-order chi connectivity index (χ1) is 5.52. The number of carbonyl (C=O) groups excluding carboxylic acids is 1. The molecule has 0 aliphatic heterocycles. The zero-order valence-electron chi connectivity index (χ0n) is 8.22. The van der Waals surface area contributed by atoms with Crippen LogP contribution in [0.2, 0.25) is 0 Å². The second kappa shape index (κ2) is 5.14. The van der Waals surface area contributed by atoms with E-state index in [-0.39, 0.29) is 5.97 Å². The molecule has 72 valence electrons. The maximum absolute atomic E-state index is 10.9. The Balaban J connectivity index is 3.77. The van der Waals surface area contributed by atoms with Gasteiger partial charge in [-0.3, -0.25) is 10.5 Å². The molecule has 0 heterocycles. The van der Waals surface area contributed by atoms with Crippen LogP contribution in [0.5, 0.6) is 0 Å². The summed E-state index contributed by atoms with van der Waals surface area (Å²) in [6.07, 6.45) is 3.18. The third-order valence-electron chi connectivity index (χ3n) is 1.66. The Morgan fingerprint density at radius 2 is 2.08 bits per heavy atom. The molecule has 0 radical (unpaired) electrons. The van der Waals surface area contributed by atoms with Gasteiger partial charge in [0.1, 0.15) is 0 Å². The average Bonchev–Trinajstić information content (AvgIpc) is 2.00. The standard InChI is InChI=1S/C9H19NO2/c1-4-6-7-9(3,10)12-8(11)5-2/h4-7,10H2,1-3H3. The summed E-state index contributed by atoms with van der Waals surface area (Å²) >= 11 is 0. The molecule has 1 unspecified atom stereocenters. The normalized spacial score (nSPS) is 15.3. The van der Waals surface area contributed by atoms with Gasteiger partial charge in [0.15, 0.2) is 5.72 Å². The number of hydrogen-bond donors (Lipinski definition) is 1.